The largest absolute Gasteiger partial charge is 0.352 e. The summed E-state index contributed by atoms with van der Waals surface area (Å²) in [5.41, 5.74) is 5.41. The van der Waals surface area contributed by atoms with Crippen molar-refractivity contribution in [1.29, 1.82) is 0 Å². The third-order valence-corrected chi connectivity index (χ3v) is 6.36. The molecule has 4 aromatic rings. The zero-order chi connectivity index (χ0) is 20.9. The maximum absolute atomic E-state index is 4.83. The number of nitrogens with zero attached hydrogens (tertiary/aromatic N) is 7. The summed E-state index contributed by atoms with van der Waals surface area (Å²) in [6.07, 6.45) is 11.0. The molecule has 0 aliphatic carbocycles. The van der Waals surface area contributed by atoms with E-state index in [0.717, 1.165) is 46.7 Å². The molecule has 2 bridgehead atoms. The number of fused-ring (bicyclic) bond motifs is 3. The van der Waals surface area contributed by atoms with Crippen molar-refractivity contribution >= 4 is 11.3 Å². The third-order valence-electron chi connectivity index (χ3n) is 6.36. The molecule has 2 unspecified atom stereocenters. The second-order valence-electron chi connectivity index (χ2n) is 8.33. The number of piperidine rings is 1. The highest BCUT2D eigenvalue weighted by Gasteiger charge is 2.43. The molecular weight excluding hydrogens is 386 g/mol. The smallest absolute Gasteiger partial charge is 0.128 e. The summed E-state index contributed by atoms with van der Waals surface area (Å²) in [6, 6.07) is 12.8. The van der Waals surface area contributed by atoms with Crippen molar-refractivity contribution in [2.75, 3.05) is 18.0 Å². The van der Waals surface area contributed by atoms with Gasteiger partial charge in [-0.3, -0.25) is 4.68 Å². The Morgan fingerprint density at radius 2 is 1.84 bits per heavy atom. The molecule has 0 saturated carbocycles. The lowest BCUT2D eigenvalue weighted by molar-refractivity contribution is 0.0605. The van der Waals surface area contributed by atoms with E-state index in [4.69, 9.17) is 4.98 Å². The lowest BCUT2D eigenvalue weighted by atomic mass is 9.88. The molecule has 7 heteroatoms. The van der Waals surface area contributed by atoms with Crippen LogP contribution in [0.3, 0.4) is 0 Å². The quantitative estimate of drug-likeness (QED) is 0.487. The van der Waals surface area contributed by atoms with Crippen LogP contribution in [0.2, 0.25) is 0 Å². The molecule has 3 fully saturated rings. The van der Waals surface area contributed by atoms with Crippen molar-refractivity contribution in [2.24, 2.45) is 7.05 Å². The van der Waals surface area contributed by atoms with Gasteiger partial charge in [-0.2, -0.15) is 10.2 Å². The van der Waals surface area contributed by atoms with Crippen LogP contribution in [0.4, 0.5) is 5.82 Å². The van der Waals surface area contributed by atoms with Gasteiger partial charge in [0.15, 0.2) is 0 Å². The van der Waals surface area contributed by atoms with Gasteiger partial charge < -0.3 is 9.80 Å². The highest BCUT2D eigenvalue weighted by Crippen LogP contribution is 2.34. The Hall–Kier alpha value is -3.79. The molecule has 7 nitrogen and oxygen atoms in total. The van der Waals surface area contributed by atoms with Crippen LogP contribution < -0.4 is 4.90 Å². The standard InChI is InChI=1S/C24H23N7/c1-3-8-30-20-10-21(30)16-29(15-20)24-5-4-17(11-25-24)22-9-18(19-12-27-28(2)13-19)14-31-23(22)6-7-26-31/h4-7,9,11-14,20-21H,10,15-16H2,1-2H3. The van der Waals surface area contributed by atoms with Gasteiger partial charge in [0.25, 0.3) is 0 Å². The number of hydrogen-bond donors (Lipinski definition) is 0. The minimum atomic E-state index is 0.523. The fraction of sp³-hybridized carbons (Fsp3) is 0.292. The van der Waals surface area contributed by atoms with E-state index in [2.05, 4.69) is 50.2 Å². The predicted octanol–water partition coefficient (Wildman–Crippen LogP) is 3.04. The molecule has 0 amide bonds. The molecule has 0 aromatic carbocycles. The minimum Gasteiger partial charge on any atom is -0.352 e. The lowest BCUT2D eigenvalue weighted by Gasteiger charge is -2.55. The predicted molar refractivity (Wildman–Crippen MR) is 120 cm³/mol. The Balaban J connectivity index is 1.32. The number of anilines is 1. The number of aryl methyl sites for hydroxylation is 1. The second-order valence-corrected chi connectivity index (χ2v) is 8.33. The molecule has 0 radical (unpaired) electrons. The molecular formula is C24H23N7. The summed E-state index contributed by atoms with van der Waals surface area (Å²) in [7, 11) is 1.93. The summed E-state index contributed by atoms with van der Waals surface area (Å²) in [5.74, 6) is 4.08. The van der Waals surface area contributed by atoms with E-state index in [9.17, 15) is 0 Å². The molecule has 2 atom stereocenters. The molecule has 3 aliphatic heterocycles. The topological polar surface area (TPSA) is 54.5 Å². The molecule has 4 aromatic heterocycles. The summed E-state index contributed by atoms with van der Waals surface area (Å²) >= 11 is 0. The Labute approximate surface area is 180 Å². The highest BCUT2D eigenvalue weighted by atomic mass is 15.4. The SMILES string of the molecule is CC#CN1C2CC1CN(c1ccc(-c3cc(-c4cnn(C)c4)cn4nccc34)cn1)C2. The number of rotatable bonds is 3. The maximum Gasteiger partial charge on any atom is 0.128 e. The van der Waals surface area contributed by atoms with Gasteiger partial charge in [-0.25, -0.2) is 9.50 Å². The average molecular weight is 409 g/mol. The van der Waals surface area contributed by atoms with Gasteiger partial charge in [-0.15, -0.1) is 0 Å². The first-order valence-electron chi connectivity index (χ1n) is 10.6. The van der Waals surface area contributed by atoms with Gasteiger partial charge >= 0.3 is 0 Å². The number of piperazine rings is 1. The molecule has 3 saturated heterocycles. The average Bonchev–Trinajstić information content (AvgIpc) is 3.46. The first-order chi connectivity index (χ1) is 15.2. The Morgan fingerprint density at radius 3 is 2.55 bits per heavy atom. The Morgan fingerprint density at radius 1 is 0.968 bits per heavy atom. The molecule has 0 spiro atoms. The van der Waals surface area contributed by atoms with Crippen LogP contribution >= 0.6 is 0 Å². The molecule has 154 valence electrons. The van der Waals surface area contributed by atoms with E-state index < -0.39 is 0 Å². The zero-order valence-electron chi connectivity index (χ0n) is 17.6. The van der Waals surface area contributed by atoms with E-state index in [1.165, 1.54) is 6.42 Å². The normalized spacial score (nSPS) is 19.8. The van der Waals surface area contributed by atoms with Crippen LogP contribution in [0.1, 0.15) is 13.3 Å². The summed E-state index contributed by atoms with van der Waals surface area (Å²) in [5, 5.41) is 8.78. The minimum absolute atomic E-state index is 0.523. The van der Waals surface area contributed by atoms with Crippen LogP contribution in [-0.4, -0.2) is 54.5 Å². The number of hydrogen-bond acceptors (Lipinski definition) is 5. The monoisotopic (exact) mass is 409 g/mol. The summed E-state index contributed by atoms with van der Waals surface area (Å²) in [6.45, 7) is 3.88. The van der Waals surface area contributed by atoms with E-state index >= 15 is 0 Å². The van der Waals surface area contributed by atoms with Crippen LogP contribution in [-0.2, 0) is 7.05 Å². The molecule has 7 heterocycles. The van der Waals surface area contributed by atoms with Crippen molar-refractivity contribution in [3.05, 3.63) is 55.2 Å². The van der Waals surface area contributed by atoms with E-state index in [1.807, 2.05) is 60.2 Å². The number of aromatic nitrogens is 5. The van der Waals surface area contributed by atoms with E-state index in [0.29, 0.717) is 12.1 Å². The fourth-order valence-electron chi connectivity index (χ4n) is 4.83. The zero-order valence-corrected chi connectivity index (χ0v) is 17.6. The molecule has 31 heavy (non-hydrogen) atoms. The third kappa shape index (κ3) is 2.95. The lowest BCUT2D eigenvalue weighted by Crippen LogP contribution is -2.67. The van der Waals surface area contributed by atoms with Crippen molar-refractivity contribution in [3.8, 4) is 34.2 Å². The van der Waals surface area contributed by atoms with E-state index in [1.54, 1.807) is 0 Å². The van der Waals surface area contributed by atoms with Crippen molar-refractivity contribution in [2.45, 2.75) is 25.4 Å². The van der Waals surface area contributed by atoms with Gasteiger partial charge in [0, 0.05) is 73.2 Å². The molecule has 3 aliphatic rings. The van der Waals surface area contributed by atoms with Crippen molar-refractivity contribution in [3.63, 3.8) is 0 Å². The maximum atomic E-state index is 4.83. The first-order valence-corrected chi connectivity index (χ1v) is 10.6. The van der Waals surface area contributed by atoms with Gasteiger partial charge in [0.1, 0.15) is 5.82 Å². The second kappa shape index (κ2) is 6.88. The van der Waals surface area contributed by atoms with Crippen LogP contribution in [0, 0.1) is 12.0 Å². The van der Waals surface area contributed by atoms with Gasteiger partial charge in [0.2, 0.25) is 0 Å². The van der Waals surface area contributed by atoms with Crippen molar-refractivity contribution < 1.29 is 0 Å². The van der Waals surface area contributed by atoms with Crippen LogP contribution in [0.5, 0.6) is 0 Å². The Kier molecular flexibility index (Phi) is 4.00. The van der Waals surface area contributed by atoms with Crippen molar-refractivity contribution in [1.82, 2.24) is 29.3 Å². The summed E-state index contributed by atoms with van der Waals surface area (Å²) in [4.78, 5) is 9.52. The summed E-state index contributed by atoms with van der Waals surface area (Å²) < 4.78 is 3.74. The highest BCUT2D eigenvalue weighted by molar-refractivity contribution is 5.84. The first kappa shape index (κ1) is 18.0. The fourth-order valence-corrected chi connectivity index (χ4v) is 4.83. The van der Waals surface area contributed by atoms with Crippen LogP contribution in [0.25, 0.3) is 27.8 Å². The van der Waals surface area contributed by atoms with Gasteiger partial charge in [-0.1, -0.05) is 5.92 Å². The molecule has 7 rings (SSSR count). The van der Waals surface area contributed by atoms with Gasteiger partial charge in [-0.05, 0) is 37.6 Å². The van der Waals surface area contributed by atoms with E-state index in [-0.39, 0.29) is 0 Å². The number of pyridine rings is 2. The van der Waals surface area contributed by atoms with Crippen LogP contribution in [0.15, 0.2) is 55.2 Å². The van der Waals surface area contributed by atoms with Gasteiger partial charge in [0.05, 0.1) is 23.8 Å². The Bertz CT molecular complexity index is 1310. The molecule has 0 N–H and O–H groups in total.